The van der Waals surface area contributed by atoms with Crippen molar-refractivity contribution in [3.8, 4) is 0 Å². The quantitative estimate of drug-likeness (QED) is 0.288. The molecular formula is C24H22Br2N2O2. The fourth-order valence-electron chi connectivity index (χ4n) is 3.20. The molecule has 4 aromatic rings. The minimum atomic E-state index is -0.520. The number of aliphatic hydroxyl groups is 1. The Morgan fingerprint density at radius 1 is 0.867 bits per heavy atom. The van der Waals surface area contributed by atoms with Crippen LogP contribution in [0.25, 0.3) is 21.8 Å². The van der Waals surface area contributed by atoms with Crippen LogP contribution < -0.4 is 0 Å². The van der Waals surface area contributed by atoms with Gasteiger partial charge < -0.3 is 5.11 Å². The molecule has 0 aliphatic rings. The maximum atomic E-state index is 11.2. The number of hydrogen-bond donors (Lipinski definition) is 1. The highest BCUT2D eigenvalue weighted by molar-refractivity contribution is 9.10. The van der Waals surface area contributed by atoms with Crippen molar-refractivity contribution in [3.63, 3.8) is 0 Å². The first-order valence-electron chi connectivity index (χ1n) is 9.48. The predicted octanol–water partition coefficient (Wildman–Crippen LogP) is 6.87. The Morgan fingerprint density at radius 3 is 1.87 bits per heavy atom. The van der Waals surface area contributed by atoms with Crippen molar-refractivity contribution in [2.75, 3.05) is 0 Å². The van der Waals surface area contributed by atoms with Crippen LogP contribution in [0.15, 0.2) is 57.5 Å². The Morgan fingerprint density at radius 2 is 1.37 bits per heavy atom. The number of nitrogens with zero attached hydrogens (tertiary/aromatic N) is 2. The molecule has 4 rings (SSSR count). The lowest BCUT2D eigenvalue weighted by atomic mass is 10.1. The number of hydrogen-bond acceptors (Lipinski definition) is 4. The summed E-state index contributed by atoms with van der Waals surface area (Å²) < 4.78 is 2.00. The molecule has 6 heteroatoms. The van der Waals surface area contributed by atoms with E-state index < -0.39 is 6.10 Å². The van der Waals surface area contributed by atoms with Gasteiger partial charge in [0.15, 0.2) is 5.78 Å². The van der Waals surface area contributed by atoms with E-state index in [0.29, 0.717) is 11.4 Å². The van der Waals surface area contributed by atoms with Crippen molar-refractivity contribution < 1.29 is 9.90 Å². The molecule has 0 amide bonds. The van der Waals surface area contributed by atoms with E-state index in [0.717, 1.165) is 36.3 Å². The number of pyridine rings is 2. The van der Waals surface area contributed by atoms with Crippen LogP contribution in [0.2, 0.25) is 0 Å². The zero-order valence-electron chi connectivity index (χ0n) is 17.2. The maximum absolute atomic E-state index is 11.2. The topological polar surface area (TPSA) is 63.1 Å². The van der Waals surface area contributed by atoms with E-state index in [4.69, 9.17) is 0 Å². The van der Waals surface area contributed by atoms with E-state index in [9.17, 15) is 9.90 Å². The van der Waals surface area contributed by atoms with E-state index in [1.165, 1.54) is 12.5 Å². The lowest BCUT2D eigenvalue weighted by molar-refractivity contribution is 0.101. The molecule has 0 unspecified atom stereocenters. The smallest absolute Gasteiger partial charge is 0.178 e. The molecule has 2 aromatic heterocycles. The summed E-state index contributed by atoms with van der Waals surface area (Å²) in [6.45, 7) is 7.33. The van der Waals surface area contributed by atoms with Gasteiger partial charge >= 0.3 is 0 Å². The number of ketones is 1. The molecule has 1 atom stereocenters. The molecule has 0 saturated heterocycles. The summed E-state index contributed by atoms with van der Waals surface area (Å²) >= 11 is 6.86. The van der Waals surface area contributed by atoms with Crippen LogP contribution in [0.5, 0.6) is 0 Å². The van der Waals surface area contributed by atoms with Crippen molar-refractivity contribution in [2.45, 2.75) is 33.8 Å². The molecule has 0 saturated carbocycles. The second kappa shape index (κ2) is 9.33. The summed E-state index contributed by atoms with van der Waals surface area (Å²) in [6, 6.07) is 15.6. The third kappa shape index (κ3) is 5.12. The average molecular weight is 530 g/mol. The molecule has 4 nitrogen and oxygen atoms in total. The van der Waals surface area contributed by atoms with E-state index >= 15 is 0 Å². The standard InChI is InChI=1S/C12H12BrNO.C12H10BrNO/c2*1-7-5-9(13)6-12-10(7)3-4-11(14-12)8(2)15/h3-6,8,15H,1-2H3;3-6H,1-2H3/t8-;/m1./s1. The Labute approximate surface area is 192 Å². The summed E-state index contributed by atoms with van der Waals surface area (Å²) in [5, 5.41) is 11.7. The molecule has 0 fully saturated rings. The minimum absolute atomic E-state index is 0.00507. The first kappa shape index (κ1) is 22.5. The van der Waals surface area contributed by atoms with E-state index in [-0.39, 0.29) is 5.78 Å². The Balaban J connectivity index is 0.000000171. The van der Waals surface area contributed by atoms with Gasteiger partial charge in [-0.3, -0.25) is 9.78 Å². The number of aliphatic hydroxyl groups excluding tert-OH is 1. The molecular weight excluding hydrogens is 508 g/mol. The lowest BCUT2D eigenvalue weighted by Gasteiger charge is -2.07. The van der Waals surface area contributed by atoms with Gasteiger partial charge in [-0.1, -0.05) is 44.0 Å². The SMILES string of the molecule is CC(=O)c1ccc2c(C)cc(Br)cc2n1.Cc1cc(Br)cc2nc([C@@H](C)O)ccc12. The van der Waals surface area contributed by atoms with Crippen LogP contribution in [-0.2, 0) is 0 Å². The number of fused-ring (bicyclic) bond motifs is 2. The van der Waals surface area contributed by atoms with Gasteiger partial charge in [-0.2, -0.15) is 0 Å². The molecule has 0 aliphatic carbocycles. The number of benzene rings is 2. The number of rotatable bonds is 2. The molecule has 0 bridgehead atoms. The van der Waals surface area contributed by atoms with Crippen molar-refractivity contribution in [2.24, 2.45) is 0 Å². The van der Waals surface area contributed by atoms with Crippen molar-refractivity contribution in [1.29, 1.82) is 0 Å². The van der Waals surface area contributed by atoms with Gasteiger partial charge in [0.1, 0.15) is 5.69 Å². The summed E-state index contributed by atoms with van der Waals surface area (Å²) in [7, 11) is 0. The number of aryl methyl sites for hydroxylation is 2. The molecule has 30 heavy (non-hydrogen) atoms. The summed E-state index contributed by atoms with van der Waals surface area (Å²) in [5.74, 6) is -0.00507. The highest BCUT2D eigenvalue weighted by Crippen LogP contribution is 2.24. The monoisotopic (exact) mass is 528 g/mol. The lowest BCUT2D eigenvalue weighted by Crippen LogP contribution is -1.96. The number of Topliss-reactive ketones (excluding diaryl/α,β-unsaturated/α-hetero) is 1. The molecule has 0 radical (unpaired) electrons. The number of aromatic nitrogens is 2. The van der Waals surface area contributed by atoms with Crippen molar-refractivity contribution >= 4 is 59.4 Å². The van der Waals surface area contributed by atoms with Gasteiger partial charge in [0.2, 0.25) is 0 Å². The van der Waals surface area contributed by atoms with Crippen LogP contribution in [0, 0.1) is 13.8 Å². The Hall–Kier alpha value is -2.15. The number of carbonyl (C=O) groups excluding carboxylic acids is 1. The number of carbonyl (C=O) groups is 1. The average Bonchev–Trinajstić information content (AvgIpc) is 2.67. The molecule has 1 N–H and O–H groups in total. The van der Waals surface area contributed by atoms with Gasteiger partial charge in [-0.25, -0.2) is 4.98 Å². The summed E-state index contributed by atoms with van der Waals surface area (Å²) in [5.41, 5.74) is 5.33. The first-order chi connectivity index (χ1) is 14.2. The Bertz CT molecular complexity index is 1250. The van der Waals surface area contributed by atoms with E-state index in [1.54, 1.807) is 13.0 Å². The fraction of sp³-hybridized carbons (Fsp3) is 0.208. The van der Waals surface area contributed by atoms with Crippen LogP contribution in [0.1, 0.15) is 47.3 Å². The molecule has 2 aromatic carbocycles. The highest BCUT2D eigenvalue weighted by atomic mass is 79.9. The number of halogens is 2. The molecule has 0 aliphatic heterocycles. The van der Waals surface area contributed by atoms with Gasteiger partial charge in [0.25, 0.3) is 0 Å². The fourth-order valence-corrected chi connectivity index (χ4v) is 4.32. The highest BCUT2D eigenvalue weighted by Gasteiger charge is 2.06. The van der Waals surface area contributed by atoms with Crippen LogP contribution in [0.4, 0.5) is 0 Å². The summed E-state index contributed by atoms with van der Waals surface area (Å²) in [6.07, 6.45) is -0.520. The van der Waals surface area contributed by atoms with Gasteiger partial charge in [0, 0.05) is 26.6 Å². The molecule has 0 spiro atoms. The van der Waals surface area contributed by atoms with Crippen LogP contribution >= 0.6 is 31.9 Å². The van der Waals surface area contributed by atoms with Crippen LogP contribution in [-0.4, -0.2) is 20.9 Å². The zero-order chi connectivity index (χ0) is 22.0. The van der Waals surface area contributed by atoms with Crippen molar-refractivity contribution in [1.82, 2.24) is 9.97 Å². The third-order valence-electron chi connectivity index (χ3n) is 4.77. The zero-order valence-corrected chi connectivity index (χ0v) is 20.4. The summed E-state index contributed by atoms with van der Waals surface area (Å²) in [4.78, 5) is 19.9. The third-order valence-corrected chi connectivity index (χ3v) is 5.68. The minimum Gasteiger partial charge on any atom is -0.387 e. The van der Waals surface area contributed by atoms with E-state index in [1.807, 2.05) is 43.3 Å². The second-order valence-corrected chi connectivity index (χ2v) is 9.07. The Kier molecular flexibility index (Phi) is 7.01. The normalized spacial score (nSPS) is 11.8. The largest absolute Gasteiger partial charge is 0.387 e. The van der Waals surface area contributed by atoms with Gasteiger partial charge in [-0.05, 0) is 68.3 Å². The first-order valence-corrected chi connectivity index (χ1v) is 11.1. The molecule has 154 valence electrons. The second-order valence-electron chi connectivity index (χ2n) is 7.24. The van der Waals surface area contributed by atoms with Crippen molar-refractivity contribution in [3.05, 3.63) is 80.0 Å². The van der Waals surface area contributed by atoms with Gasteiger partial charge in [-0.15, -0.1) is 0 Å². The molecule has 2 heterocycles. The van der Waals surface area contributed by atoms with E-state index in [2.05, 4.69) is 54.8 Å². The van der Waals surface area contributed by atoms with Gasteiger partial charge in [0.05, 0.1) is 22.8 Å². The maximum Gasteiger partial charge on any atom is 0.178 e. The van der Waals surface area contributed by atoms with Crippen LogP contribution in [0.3, 0.4) is 0 Å². The predicted molar refractivity (Wildman–Crippen MR) is 129 cm³/mol.